The number of carbonyl (C=O) groups is 2. The highest BCUT2D eigenvalue weighted by molar-refractivity contribution is 6.04. The topological polar surface area (TPSA) is 57.6 Å². The third-order valence-corrected chi connectivity index (χ3v) is 4.24. The van der Waals surface area contributed by atoms with Gasteiger partial charge in [-0.2, -0.15) is 0 Å². The summed E-state index contributed by atoms with van der Waals surface area (Å²) in [5.74, 6) is -0.954. The molecule has 0 aromatic heterocycles. The van der Waals surface area contributed by atoms with Crippen molar-refractivity contribution in [1.82, 2.24) is 4.90 Å². The van der Waals surface area contributed by atoms with Crippen LogP contribution in [0.2, 0.25) is 0 Å². The number of nitrogens with zero attached hydrogens (tertiary/aromatic N) is 1. The average Bonchev–Trinajstić information content (AvgIpc) is 2.16. The molecule has 0 aromatic rings. The van der Waals surface area contributed by atoms with Gasteiger partial charge in [-0.1, -0.05) is 6.42 Å². The maximum Gasteiger partial charge on any atom is 0.328 e. The van der Waals surface area contributed by atoms with Crippen LogP contribution in [0.15, 0.2) is 0 Å². The summed E-state index contributed by atoms with van der Waals surface area (Å²) in [6.07, 6.45) is 5.14. The van der Waals surface area contributed by atoms with Crippen molar-refractivity contribution in [3.8, 4) is 0 Å². The van der Waals surface area contributed by atoms with Gasteiger partial charge in [0.25, 0.3) is 0 Å². The van der Waals surface area contributed by atoms with E-state index >= 15 is 0 Å². The first-order valence-electron chi connectivity index (χ1n) is 5.72. The number of fused-ring (bicyclic) bond motifs is 1. The van der Waals surface area contributed by atoms with Crippen LogP contribution < -0.4 is 0 Å². The third-order valence-electron chi connectivity index (χ3n) is 4.24. The lowest BCUT2D eigenvalue weighted by Crippen LogP contribution is -2.68. The maximum atomic E-state index is 11.8. The van der Waals surface area contributed by atoms with Crippen LogP contribution in [0.1, 0.15) is 32.1 Å². The second-order valence-electron chi connectivity index (χ2n) is 5.00. The van der Waals surface area contributed by atoms with E-state index in [4.69, 9.17) is 5.11 Å². The minimum atomic E-state index is -0.943. The van der Waals surface area contributed by atoms with E-state index in [0.29, 0.717) is 12.1 Å². The Balaban J connectivity index is 1.97. The Morgan fingerprint density at radius 3 is 2.40 bits per heavy atom. The van der Waals surface area contributed by atoms with Gasteiger partial charge in [-0.3, -0.25) is 14.5 Å². The summed E-state index contributed by atoms with van der Waals surface area (Å²) >= 11 is 0. The lowest BCUT2D eigenvalue weighted by atomic mass is 9.69. The van der Waals surface area contributed by atoms with Crippen molar-refractivity contribution < 1.29 is 14.7 Å². The first-order valence-corrected chi connectivity index (χ1v) is 5.72. The molecule has 0 aliphatic carbocycles. The van der Waals surface area contributed by atoms with Crippen LogP contribution in [0.4, 0.5) is 0 Å². The molecule has 0 amide bonds. The molecule has 82 valence electrons. The number of hydrogen-bond acceptors (Lipinski definition) is 3. The molecule has 4 bridgehead atoms. The minimum Gasteiger partial charge on any atom is -0.480 e. The van der Waals surface area contributed by atoms with Gasteiger partial charge in [0.2, 0.25) is 0 Å². The summed E-state index contributed by atoms with van der Waals surface area (Å²) < 4.78 is 0. The fourth-order valence-corrected chi connectivity index (χ4v) is 3.69. The van der Waals surface area contributed by atoms with Crippen molar-refractivity contribution in [2.24, 2.45) is 5.92 Å². The molecule has 4 aliphatic heterocycles. The number of carboxylic acid groups (broad SMARTS) is 1. The van der Waals surface area contributed by atoms with Gasteiger partial charge in [-0.05, 0) is 25.7 Å². The quantitative estimate of drug-likeness (QED) is 0.644. The number of hydrogen-bond donors (Lipinski definition) is 1. The highest BCUT2D eigenvalue weighted by atomic mass is 16.4. The number of rotatable bonds is 1. The van der Waals surface area contributed by atoms with E-state index in [2.05, 4.69) is 0 Å². The monoisotopic (exact) mass is 209 g/mol. The Hall–Kier alpha value is -0.900. The van der Waals surface area contributed by atoms with Crippen LogP contribution in [0, 0.1) is 5.92 Å². The highest BCUT2D eigenvalue weighted by Gasteiger charge is 2.54. The number of aliphatic carboxylic acids is 1. The van der Waals surface area contributed by atoms with Crippen molar-refractivity contribution in [3.05, 3.63) is 0 Å². The van der Waals surface area contributed by atoms with Crippen molar-refractivity contribution in [3.63, 3.8) is 0 Å². The number of ketones is 1. The number of Topliss-reactive ketones (excluding diaryl/α,β-unsaturated/α-hetero) is 1. The fourth-order valence-electron chi connectivity index (χ4n) is 3.69. The largest absolute Gasteiger partial charge is 0.480 e. The van der Waals surface area contributed by atoms with E-state index < -0.39 is 12.0 Å². The molecule has 4 heteroatoms. The molecule has 4 nitrogen and oxygen atoms in total. The molecule has 4 fully saturated rings. The van der Waals surface area contributed by atoms with Crippen LogP contribution in [0.3, 0.4) is 0 Å². The molecule has 3 atom stereocenters. The zero-order valence-electron chi connectivity index (χ0n) is 8.56. The van der Waals surface area contributed by atoms with Crippen LogP contribution in [-0.4, -0.2) is 39.9 Å². The van der Waals surface area contributed by atoms with E-state index in [1.54, 1.807) is 0 Å². The Labute approximate surface area is 88.2 Å². The van der Waals surface area contributed by atoms with Gasteiger partial charge in [0.1, 0.15) is 0 Å². The molecule has 0 radical (unpaired) electrons. The molecule has 0 spiro atoms. The molecule has 0 saturated carbocycles. The summed E-state index contributed by atoms with van der Waals surface area (Å²) in [4.78, 5) is 25.0. The SMILES string of the molecule is O=C(O)C1C(=O)C2CC3CCCC(C2)N31. The first kappa shape index (κ1) is 9.33. The van der Waals surface area contributed by atoms with Crippen molar-refractivity contribution in [2.45, 2.75) is 50.2 Å². The van der Waals surface area contributed by atoms with Crippen LogP contribution in [-0.2, 0) is 9.59 Å². The minimum absolute atomic E-state index is 0.0337. The van der Waals surface area contributed by atoms with Crippen molar-refractivity contribution in [2.75, 3.05) is 0 Å². The van der Waals surface area contributed by atoms with Crippen LogP contribution in [0.25, 0.3) is 0 Å². The molecule has 0 aromatic carbocycles. The van der Waals surface area contributed by atoms with Crippen molar-refractivity contribution in [1.29, 1.82) is 0 Å². The zero-order valence-corrected chi connectivity index (χ0v) is 8.56. The average molecular weight is 209 g/mol. The molecular formula is C11H15NO3. The Kier molecular flexibility index (Phi) is 1.89. The summed E-state index contributed by atoms with van der Waals surface area (Å²) in [7, 11) is 0. The van der Waals surface area contributed by atoms with Gasteiger partial charge in [0.05, 0.1) is 0 Å². The van der Waals surface area contributed by atoms with Gasteiger partial charge in [-0.15, -0.1) is 0 Å². The summed E-state index contributed by atoms with van der Waals surface area (Å²) in [6, 6.07) is -0.101. The molecule has 3 unspecified atom stereocenters. The van der Waals surface area contributed by atoms with Gasteiger partial charge < -0.3 is 5.11 Å². The standard InChI is InChI=1S/C11H15NO3/c13-10-6-4-7-2-1-3-8(5-6)12(7)9(10)11(14)15/h6-9H,1-5H2,(H,14,15). The summed E-state index contributed by atoms with van der Waals surface area (Å²) in [5, 5.41) is 9.12. The highest BCUT2D eigenvalue weighted by Crippen LogP contribution is 2.44. The molecule has 1 N–H and O–H groups in total. The van der Waals surface area contributed by atoms with E-state index in [1.807, 2.05) is 4.90 Å². The summed E-state index contributed by atoms with van der Waals surface area (Å²) in [5.41, 5.74) is 0. The smallest absolute Gasteiger partial charge is 0.328 e. The molecule has 4 heterocycles. The molecule has 4 saturated heterocycles. The Morgan fingerprint density at radius 2 is 1.87 bits per heavy atom. The third kappa shape index (κ3) is 1.17. The van der Waals surface area contributed by atoms with Crippen LogP contribution in [0.5, 0.6) is 0 Å². The molecule has 4 aliphatic rings. The van der Waals surface area contributed by atoms with E-state index in [0.717, 1.165) is 25.7 Å². The number of carbonyl (C=O) groups excluding carboxylic acids is 1. The lowest BCUT2D eigenvalue weighted by Gasteiger charge is -2.55. The lowest BCUT2D eigenvalue weighted by molar-refractivity contribution is -0.167. The molecular weight excluding hydrogens is 194 g/mol. The van der Waals surface area contributed by atoms with E-state index in [-0.39, 0.29) is 11.7 Å². The number of piperidine rings is 4. The predicted octanol–water partition coefficient (Wildman–Crippen LogP) is 0.655. The summed E-state index contributed by atoms with van der Waals surface area (Å²) in [6.45, 7) is 0. The normalized spacial score (nSPS) is 48.0. The van der Waals surface area contributed by atoms with Crippen LogP contribution >= 0.6 is 0 Å². The Morgan fingerprint density at radius 1 is 1.27 bits per heavy atom. The maximum absolute atomic E-state index is 11.8. The number of carboxylic acids is 1. The molecule has 15 heavy (non-hydrogen) atoms. The second-order valence-corrected chi connectivity index (χ2v) is 5.00. The zero-order chi connectivity index (χ0) is 10.6. The predicted molar refractivity (Wildman–Crippen MR) is 52.4 cm³/mol. The second kappa shape index (κ2) is 3.04. The first-order chi connectivity index (χ1) is 7.18. The van der Waals surface area contributed by atoms with Gasteiger partial charge in [0, 0.05) is 18.0 Å². The van der Waals surface area contributed by atoms with E-state index in [1.165, 1.54) is 6.42 Å². The van der Waals surface area contributed by atoms with Gasteiger partial charge in [0.15, 0.2) is 11.8 Å². The van der Waals surface area contributed by atoms with Gasteiger partial charge in [-0.25, -0.2) is 0 Å². The Bertz CT molecular complexity index is 314. The van der Waals surface area contributed by atoms with Gasteiger partial charge >= 0.3 is 5.97 Å². The van der Waals surface area contributed by atoms with Crippen molar-refractivity contribution >= 4 is 11.8 Å². The fraction of sp³-hybridized carbons (Fsp3) is 0.818. The van der Waals surface area contributed by atoms with E-state index in [9.17, 15) is 9.59 Å². The molecule has 4 rings (SSSR count).